The quantitative estimate of drug-likeness (QED) is 0.143. The number of anilines is 6. The lowest BCUT2D eigenvalue weighted by molar-refractivity contribution is 0.660. The van der Waals surface area contributed by atoms with Crippen molar-refractivity contribution < 1.29 is 0 Å². The van der Waals surface area contributed by atoms with Crippen molar-refractivity contribution in [2.75, 3.05) is 9.80 Å². The van der Waals surface area contributed by atoms with Crippen LogP contribution in [0.5, 0.6) is 0 Å². The van der Waals surface area contributed by atoms with Crippen LogP contribution >= 0.6 is 0 Å². The fraction of sp³-hybridized carbons (Fsp3) is 0.0769. The number of fused-ring (bicyclic) bond motifs is 12. The minimum atomic E-state index is -0.148. The fourth-order valence-electron chi connectivity index (χ4n) is 14.1. The number of para-hydroxylation sites is 4. The molecule has 0 amide bonds. The Kier molecular flexibility index (Phi) is 10.6. The SMILES string of the molecule is CC1(C)c2ccccc2-c2ccc(N(c3ccc(-c4ccc(N(c5ccc6c(c5)C(C)(C)c5ccccc5-6)c5ccc6c(c5)c5ccccc5n6-c5ccccc5)cc4)cc3)c3ccc4c(c3)c3ccccc3n4-c3ccccc3)cc21. The van der Waals surface area contributed by atoms with Crippen LogP contribution in [0.4, 0.5) is 34.1 Å². The van der Waals surface area contributed by atoms with Gasteiger partial charge in [0.15, 0.2) is 0 Å². The summed E-state index contributed by atoms with van der Waals surface area (Å²) in [7, 11) is 0. The summed E-state index contributed by atoms with van der Waals surface area (Å²) < 4.78 is 4.78. The Labute approximate surface area is 478 Å². The molecular weight excluding hydrogens is 993 g/mol. The molecule has 14 aromatic rings. The molecule has 4 nitrogen and oxygen atoms in total. The number of hydrogen-bond acceptors (Lipinski definition) is 2. The van der Waals surface area contributed by atoms with Crippen molar-refractivity contribution in [3.8, 4) is 44.8 Å². The molecule has 0 unspecified atom stereocenters. The number of benzene rings is 12. The maximum absolute atomic E-state index is 2.45. The Hall–Kier alpha value is -10.2. The zero-order valence-corrected chi connectivity index (χ0v) is 46.3. The average Bonchev–Trinajstić information content (AvgIpc) is 4.20. The maximum atomic E-state index is 2.45. The van der Waals surface area contributed by atoms with Gasteiger partial charge >= 0.3 is 0 Å². The van der Waals surface area contributed by atoms with Crippen LogP contribution in [0.1, 0.15) is 49.9 Å². The Bertz CT molecular complexity index is 4540. The van der Waals surface area contributed by atoms with Gasteiger partial charge in [-0.3, -0.25) is 0 Å². The van der Waals surface area contributed by atoms with E-state index >= 15 is 0 Å². The second kappa shape index (κ2) is 18.2. The van der Waals surface area contributed by atoms with Crippen molar-refractivity contribution in [1.29, 1.82) is 0 Å². The molecule has 0 saturated carbocycles. The number of hydrogen-bond donors (Lipinski definition) is 0. The monoisotopic (exact) mass is 1050 g/mol. The van der Waals surface area contributed by atoms with Gasteiger partial charge in [-0.25, -0.2) is 0 Å². The summed E-state index contributed by atoms with van der Waals surface area (Å²) in [4.78, 5) is 4.89. The summed E-state index contributed by atoms with van der Waals surface area (Å²) in [6.07, 6.45) is 0. The molecule has 2 aliphatic carbocycles. The molecule has 0 bridgehead atoms. The maximum Gasteiger partial charge on any atom is 0.0542 e. The molecule has 2 aromatic heterocycles. The van der Waals surface area contributed by atoms with E-state index in [1.54, 1.807) is 0 Å². The number of nitrogens with zero attached hydrogens (tertiary/aromatic N) is 4. The zero-order chi connectivity index (χ0) is 54.8. The molecule has 12 aromatic carbocycles. The van der Waals surface area contributed by atoms with E-state index in [2.05, 4.69) is 326 Å². The highest BCUT2D eigenvalue weighted by Gasteiger charge is 2.37. The van der Waals surface area contributed by atoms with Gasteiger partial charge in [-0.1, -0.05) is 185 Å². The van der Waals surface area contributed by atoms with Crippen molar-refractivity contribution in [3.05, 3.63) is 301 Å². The summed E-state index contributed by atoms with van der Waals surface area (Å²) in [5.41, 5.74) is 26.4. The third-order valence-corrected chi connectivity index (χ3v) is 18.1. The lowest BCUT2D eigenvalue weighted by atomic mass is 9.82. The molecule has 0 fully saturated rings. The van der Waals surface area contributed by atoms with Crippen molar-refractivity contribution >= 4 is 77.7 Å². The van der Waals surface area contributed by atoms with Gasteiger partial charge in [0.25, 0.3) is 0 Å². The first-order valence-corrected chi connectivity index (χ1v) is 28.7. The normalized spacial score (nSPS) is 13.6. The van der Waals surface area contributed by atoms with Gasteiger partial charge in [0, 0.05) is 77.9 Å². The van der Waals surface area contributed by atoms with Gasteiger partial charge < -0.3 is 18.9 Å². The Morgan fingerprint density at radius 1 is 0.244 bits per heavy atom. The highest BCUT2D eigenvalue weighted by atomic mass is 15.2. The van der Waals surface area contributed by atoms with E-state index in [1.165, 1.54) is 88.1 Å². The van der Waals surface area contributed by atoms with Crippen LogP contribution in [0.25, 0.3) is 88.4 Å². The van der Waals surface area contributed by atoms with Crippen molar-refractivity contribution in [2.45, 2.75) is 38.5 Å². The molecule has 0 radical (unpaired) electrons. The summed E-state index contributed by atoms with van der Waals surface area (Å²) in [6, 6.07) is 103. The van der Waals surface area contributed by atoms with E-state index in [1.807, 2.05) is 0 Å². The Morgan fingerprint density at radius 2 is 0.561 bits per heavy atom. The number of rotatable bonds is 9. The fourth-order valence-corrected chi connectivity index (χ4v) is 14.1. The molecule has 0 aliphatic heterocycles. The van der Waals surface area contributed by atoms with Crippen LogP contribution in [-0.4, -0.2) is 9.13 Å². The summed E-state index contributed by atoms with van der Waals surface area (Å²) in [6.45, 7) is 9.47. The van der Waals surface area contributed by atoms with E-state index < -0.39 is 0 Å². The lowest BCUT2D eigenvalue weighted by Crippen LogP contribution is -2.16. The first-order chi connectivity index (χ1) is 40.2. The molecule has 4 heteroatoms. The van der Waals surface area contributed by atoms with E-state index in [0.717, 1.165) is 56.6 Å². The van der Waals surface area contributed by atoms with Gasteiger partial charge in [0.2, 0.25) is 0 Å². The summed E-state index contributed by atoms with van der Waals surface area (Å²) in [5, 5.41) is 4.89. The highest BCUT2D eigenvalue weighted by Crippen LogP contribution is 2.53. The average molecular weight is 1050 g/mol. The van der Waals surface area contributed by atoms with Gasteiger partial charge in [-0.15, -0.1) is 0 Å². The molecule has 0 atom stereocenters. The van der Waals surface area contributed by atoms with Crippen molar-refractivity contribution in [3.63, 3.8) is 0 Å². The third kappa shape index (κ3) is 7.24. The van der Waals surface area contributed by atoms with Crippen LogP contribution < -0.4 is 9.80 Å². The van der Waals surface area contributed by atoms with Crippen LogP contribution in [-0.2, 0) is 10.8 Å². The van der Waals surface area contributed by atoms with E-state index in [9.17, 15) is 0 Å². The molecule has 16 rings (SSSR count). The second-order valence-electron chi connectivity index (χ2n) is 23.3. The summed E-state index contributed by atoms with van der Waals surface area (Å²) in [5.74, 6) is 0. The first kappa shape index (κ1) is 47.8. The van der Waals surface area contributed by atoms with Gasteiger partial charge in [-0.2, -0.15) is 0 Å². The highest BCUT2D eigenvalue weighted by molar-refractivity contribution is 6.12. The van der Waals surface area contributed by atoms with Crippen LogP contribution in [0.2, 0.25) is 0 Å². The Morgan fingerprint density at radius 3 is 0.988 bits per heavy atom. The molecule has 390 valence electrons. The van der Waals surface area contributed by atoms with Crippen LogP contribution in [0.15, 0.2) is 279 Å². The van der Waals surface area contributed by atoms with Crippen LogP contribution in [0.3, 0.4) is 0 Å². The predicted octanol–water partition coefficient (Wildman–Crippen LogP) is 21.1. The molecule has 0 spiro atoms. The largest absolute Gasteiger partial charge is 0.310 e. The van der Waals surface area contributed by atoms with Gasteiger partial charge in [0.05, 0.1) is 22.1 Å². The van der Waals surface area contributed by atoms with E-state index in [0.29, 0.717) is 0 Å². The minimum absolute atomic E-state index is 0.148. The standard InChI is InChI=1S/C78H58N4/c1-77(2)69-27-15-11-23-61(69)63-43-39-59(49-71(63)77)79(57-41-45-75-67(47-57)65-25-13-17-29-73(65)81(75)53-19-7-5-8-20-53)55-35-31-51(32-36-55)52-33-37-56(38-34-52)80(60-40-44-64-62-24-12-16-28-70(62)78(3,4)72(64)50-60)58-42-46-76-68(48-58)66-26-14-18-30-74(66)82(76)54-21-9-6-10-22-54/h5-50H,1-4H3. The molecular formula is C78H58N4. The van der Waals surface area contributed by atoms with Crippen LogP contribution in [0, 0.1) is 0 Å². The topological polar surface area (TPSA) is 16.3 Å². The molecule has 2 heterocycles. The smallest absolute Gasteiger partial charge is 0.0542 e. The van der Waals surface area contributed by atoms with Gasteiger partial charge in [-0.05, 0) is 177 Å². The number of aromatic nitrogens is 2. The van der Waals surface area contributed by atoms with Crippen molar-refractivity contribution in [1.82, 2.24) is 9.13 Å². The minimum Gasteiger partial charge on any atom is -0.310 e. The van der Waals surface area contributed by atoms with Gasteiger partial charge in [0.1, 0.15) is 0 Å². The second-order valence-corrected chi connectivity index (χ2v) is 23.3. The third-order valence-electron chi connectivity index (χ3n) is 18.1. The summed E-state index contributed by atoms with van der Waals surface area (Å²) >= 11 is 0. The van der Waals surface area contributed by atoms with Crippen molar-refractivity contribution in [2.24, 2.45) is 0 Å². The van der Waals surface area contributed by atoms with E-state index in [-0.39, 0.29) is 10.8 Å². The van der Waals surface area contributed by atoms with E-state index in [4.69, 9.17) is 0 Å². The predicted molar refractivity (Wildman–Crippen MR) is 345 cm³/mol. The molecule has 0 saturated heterocycles. The molecule has 82 heavy (non-hydrogen) atoms. The first-order valence-electron chi connectivity index (χ1n) is 28.7. The lowest BCUT2D eigenvalue weighted by Gasteiger charge is -2.29. The Balaban J connectivity index is 0.806. The molecule has 2 aliphatic rings. The molecule has 0 N–H and O–H groups in total. The zero-order valence-electron chi connectivity index (χ0n) is 46.3.